The van der Waals surface area contributed by atoms with Crippen LogP contribution in [0.3, 0.4) is 0 Å². The van der Waals surface area contributed by atoms with Crippen molar-refractivity contribution in [3.8, 4) is 0 Å². The third-order valence-corrected chi connectivity index (χ3v) is 12.0. The van der Waals surface area contributed by atoms with Gasteiger partial charge in [-0.15, -0.1) is 0 Å². The van der Waals surface area contributed by atoms with E-state index in [-0.39, 0.29) is 0 Å². The molecular formula is C52H108O2. The highest BCUT2D eigenvalue weighted by Crippen LogP contribution is 2.17. The van der Waals surface area contributed by atoms with Crippen LogP contribution >= 0.6 is 0 Å². The van der Waals surface area contributed by atoms with Crippen LogP contribution in [0, 0.1) is 0 Å². The van der Waals surface area contributed by atoms with Crippen LogP contribution in [-0.4, -0.2) is 23.4 Å². The number of aliphatic hydroxyl groups excluding tert-OH is 2. The third kappa shape index (κ3) is 58.6. The van der Waals surface area contributed by atoms with Crippen LogP contribution < -0.4 is 0 Å². The Hall–Kier alpha value is -0.0800. The highest BCUT2D eigenvalue weighted by Gasteiger charge is 1.98. The van der Waals surface area contributed by atoms with Gasteiger partial charge in [-0.05, 0) is 12.8 Å². The standard InChI is InChI=1S/2C26H54O/c2*1-2-3-4-5-6-7-8-9-10-11-12-13-14-15-16-17-18-19-20-21-22-23-24-25-26-27/h2*27H,2-26H2,1H3. The predicted octanol–water partition coefficient (Wildman–Crippen LogP) is 18.7. The normalized spacial score (nSPS) is 11.3. The second-order valence-electron chi connectivity index (χ2n) is 17.7. The Balaban J connectivity index is 0. The molecule has 2 N–H and O–H groups in total. The van der Waals surface area contributed by atoms with Gasteiger partial charge in [0.25, 0.3) is 0 Å². The van der Waals surface area contributed by atoms with Gasteiger partial charge in [0, 0.05) is 13.2 Å². The lowest BCUT2D eigenvalue weighted by Crippen LogP contribution is -1.85. The van der Waals surface area contributed by atoms with Gasteiger partial charge in [0.15, 0.2) is 0 Å². The molecule has 0 unspecified atom stereocenters. The fraction of sp³-hybridized carbons (Fsp3) is 1.00. The largest absolute Gasteiger partial charge is 0.396 e. The van der Waals surface area contributed by atoms with Gasteiger partial charge in [-0.1, -0.05) is 309 Å². The van der Waals surface area contributed by atoms with Crippen molar-refractivity contribution < 1.29 is 10.2 Å². The molecule has 0 aliphatic carbocycles. The van der Waals surface area contributed by atoms with E-state index in [0.29, 0.717) is 13.2 Å². The number of hydrogen-bond donors (Lipinski definition) is 2. The molecule has 328 valence electrons. The smallest absolute Gasteiger partial charge is 0.0431 e. The zero-order chi connectivity index (χ0) is 39.4. The fourth-order valence-electron chi connectivity index (χ4n) is 8.15. The Labute approximate surface area is 344 Å². The SMILES string of the molecule is CCCCCCCCCCCCCCCCCCCCCCCCCCO.CCCCCCCCCCCCCCCCCCCCCCCCCCO. The topological polar surface area (TPSA) is 40.5 Å². The summed E-state index contributed by atoms with van der Waals surface area (Å²) in [5.41, 5.74) is 0. The van der Waals surface area contributed by atoms with Crippen molar-refractivity contribution in [2.24, 2.45) is 0 Å². The molecule has 0 aromatic rings. The molecule has 0 saturated carbocycles. The first-order valence-corrected chi connectivity index (χ1v) is 26.0. The number of rotatable bonds is 48. The van der Waals surface area contributed by atoms with Crippen molar-refractivity contribution >= 4 is 0 Å². The van der Waals surface area contributed by atoms with E-state index in [2.05, 4.69) is 13.8 Å². The van der Waals surface area contributed by atoms with Crippen molar-refractivity contribution in [2.45, 2.75) is 322 Å². The van der Waals surface area contributed by atoms with E-state index in [0.717, 1.165) is 12.8 Å². The molecular weight excluding hydrogens is 657 g/mol. The van der Waals surface area contributed by atoms with Crippen molar-refractivity contribution in [2.75, 3.05) is 13.2 Å². The van der Waals surface area contributed by atoms with E-state index < -0.39 is 0 Å². The summed E-state index contributed by atoms with van der Waals surface area (Å²) in [5, 5.41) is 17.5. The molecule has 0 atom stereocenters. The summed E-state index contributed by atoms with van der Waals surface area (Å²) in [6, 6.07) is 0. The van der Waals surface area contributed by atoms with Crippen LogP contribution in [0.2, 0.25) is 0 Å². The van der Waals surface area contributed by atoms with Gasteiger partial charge in [0.05, 0.1) is 0 Å². The summed E-state index contributed by atoms with van der Waals surface area (Å²) in [6.45, 7) is 5.34. The second-order valence-corrected chi connectivity index (χ2v) is 17.7. The van der Waals surface area contributed by atoms with Crippen molar-refractivity contribution in [3.05, 3.63) is 0 Å². The molecule has 0 aliphatic heterocycles. The van der Waals surface area contributed by atoms with Gasteiger partial charge in [-0.2, -0.15) is 0 Å². The average molecular weight is 765 g/mol. The molecule has 0 fully saturated rings. The second kappa shape index (κ2) is 57.2. The van der Waals surface area contributed by atoms with Crippen LogP contribution in [0.1, 0.15) is 322 Å². The van der Waals surface area contributed by atoms with Gasteiger partial charge in [0.2, 0.25) is 0 Å². The third-order valence-electron chi connectivity index (χ3n) is 12.0. The maximum absolute atomic E-state index is 8.74. The Morgan fingerprint density at radius 3 is 0.333 bits per heavy atom. The minimum absolute atomic E-state index is 0.374. The van der Waals surface area contributed by atoms with E-state index in [1.165, 1.54) is 295 Å². The van der Waals surface area contributed by atoms with Gasteiger partial charge < -0.3 is 10.2 Å². The van der Waals surface area contributed by atoms with E-state index in [1.54, 1.807) is 0 Å². The molecule has 0 rings (SSSR count). The van der Waals surface area contributed by atoms with Crippen molar-refractivity contribution in [1.29, 1.82) is 0 Å². The number of aliphatic hydroxyl groups is 2. The first-order valence-electron chi connectivity index (χ1n) is 26.0. The lowest BCUT2D eigenvalue weighted by atomic mass is 10.0. The summed E-state index contributed by atoms with van der Waals surface area (Å²) in [5.74, 6) is 0. The van der Waals surface area contributed by atoms with Gasteiger partial charge in [0.1, 0.15) is 0 Å². The Bertz CT molecular complexity index is 479. The molecule has 2 heteroatoms. The minimum Gasteiger partial charge on any atom is -0.396 e. The number of unbranched alkanes of at least 4 members (excludes halogenated alkanes) is 46. The summed E-state index contributed by atoms with van der Waals surface area (Å²) in [7, 11) is 0. The van der Waals surface area contributed by atoms with Gasteiger partial charge in [-0.3, -0.25) is 0 Å². The molecule has 0 aromatic carbocycles. The Kier molecular flexibility index (Phi) is 59.4. The number of hydrogen-bond acceptors (Lipinski definition) is 2. The molecule has 0 heterocycles. The van der Waals surface area contributed by atoms with Crippen LogP contribution in [0.5, 0.6) is 0 Å². The zero-order valence-electron chi connectivity index (χ0n) is 38.2. The first kappa shape index (κ1) is 56.0. The molecule has 0 saturated heterocycles. The van der Waals surface area contributed by atoms with Gasteiger partial charge >= 0.3 is 0 Å². The summed E-state index contributed by atoms with van der Waals surface area (Å²) in [6.07, 6.45) is 68.2. The molecule has 0 aromatic heterocycles. The molecule has 54 heavy (non-hydrogen) atoms. The minimum atomic E-state index is 0.374. The monoisotopic (exact) mass is 765 g/mol. The molecule has 0 spiro atoms. The maximum Gasteiger partial charge on any atom is 0.0431 e. The van der Waals surface area contributed by atoms with E-state index in [1.807, 2.05) is 0 Å². The summed E-state index contributed by atoms with van der Waals surface area (Å²) < 4.78 is 0. The molecule has 2 nitrogen and oxygen atoms in total. The van der Waals surface area contributed by atoms with Crippen molar-refractivity contribution in [1.82, 2.24) is 0 Å². The molecule has 0 amide bonds. The molecule has 0 aliphatic rings. The summed E-state index contributed by atoms with van der Waals surface area (Å²) >= 11 is 0. The van der Waals surface area contributed by atoms with Crippen LogP contribution in [0.15, 0.2) is 0 Å². The molecule has 0 radical (unpaired) electrons. The van der Waals surface area contributed by atoms with Crippen LogP contribution in [0.25, 0.3) is 0 Å². The predicted molar refractivity (Wildman–Crippen MR) is 247 cm³/mol. The average Bonchev–Trinajstić information content (AvgIpc) is 3.18. The van der Waals surface area contributed by atoms with Crippen molar-refractivity contribution in [3.63, 3.8) is 0 Å². The van der Waals surface area contributed by atoms with Crippen LogP contribution in [0.4, 0.5) is 0 Å². The zero-order valence-corrected chi connectivity index (χ0v) is 38.2. The van der Waals surface area contributed by atoms with Crippen LogP contribution in [-0.2, 0) is 0 Å². The van der Waals surface area contributed by atoms with E-state index >= 15 is 0 Å². The van der Waals surface area contributed by atoms with Gasteiger partial charge in [-0.25, -0.2) is 0 Å². The maximum atomic E-state index is 8.74. The van der Waals surface area contributed by atoms with E-state index in [9.17, 15) is 0 Å². The lowest BCUT2D eigenvalue weighted by Gasteiger charge is -2.04. The fourth-order valence-corrected chi connectivity index (χ4v) is 8.15. The quantitative estimate of drug-likeness (QED) is 0.0606. The Morgan fingerprint density at radius 2 is 0.241 bits per heavy atom. The van der Waals surface area contributed by atoms with E-state index in [4.69, 9.17) is 10.2 Å². The Morgan fingerprint density at radius 1 is 0.148 bits per heavy atom. The molecule has 0 bridgehead atoms. The summed E-state index contributed by atoms with van der Waals surface area (Å²) in [4.78, 5) is 0. The first-order chi connectivity index (χ1) is 26.8. The highest BCUT2D eigenvalue weighted by atomic mass is 16.3. The lowest BCUT2D eigenvalue weighted by molar-refractivity contribution is 0.282. The highest BCUT2D eigenvalue weighted by molar-refractivity contribution is 4.53.